The Morgan fingerprint density at radius 2 is 2.12 bits per heavy atom. The number of benzene rings is 1. The molecule has 1 atom stereocenters. The van der Waals surface area contributed by atoms with Gasteiger partial charge in [0, 0.05) is 13.1 Å². The van der Waals surface area contributed by atoms with Crippen molar-refractivity contribution in [1.82, 2.24) is 4.72 Å². The molecule has 1 aliphatic heterocycles. The molecule has 0 aromatic heterocycles. The summed E-state index contributed by atoms with van der Waals surface area (Å²) in [5, 5.41) is 9.51. The predicted molar refractivity (Wildman–Crippen MR) is 65.5 cm³/mol. The molecule has 0 spiro atoms. The summed E-state index contributed by atoms with van der Waals surface area (Å²) in [6, 6.07) is 6.84. The van der Waals surface area contributed by atoms with Crippen LogP contribution in [0.1, 0.15) is 6.42 Å². The molecule has 0 saturated carbocycles. The highest BCUT2D eigenvalue weighted by molar-refractivity contribution is 7.89. The van der Waals surface area contributed by atoms with Crippen LogP contribution in [0.3, 0.4) is 0 Å². The number of rotatable bonds is 3. The summed E-state index contributed by atoms with van der Waals surface area (Å²) >= 11 is 0. The van der Waals surface area contributed by atoms with Crippen LogP contribution >= 0.6 is 0 Å². The van der Waals surface area contributed by atoms with Gasteiger partial charge in [-0.25, -0.2) is 13.1 Å². The molecule has 1 aromatic rings. The zero-order chi connectivity index (χ0) is 12.5. The third-order valence-electron chi connectivity index (χ3n) is 2.93. The van der Waals surface area contributed by atoms with Crippen molar-refractivity contribution in [3.8, 4) is 0 Å². The Kier molecular flexibility index (Phi) is 3.37. The van der Waals surface area contributed by atoms with E-state index in [0.717, 1.165) is 0 Å². The fourth-order valence-electron chi connectivity index (χ4n) is 2.02. The van der Waals surface area contributed by atoms with Crippen LogP contribution in [-0.4, -0.2) is 39.8 Å². The van der Waals surface area contributed by atoms with Gasteiger partial charge in [0.15, 0.2) is 0 Å². The highest BCUT2D eigenvalue weighted by Gasteiger charge is 2.25. The lowest BCUT2D eigenvalue weighted by atomic mass is 10.3. The van der Waals surface area contributed by atoms with Crippen LogP contribution in [0.4, 0.5) is 5.69 Å². The minimum absolute atomic E-state index is 0.261. The molecule has 2 N–H and O–H groups in total. The number of nitrogens with one attached hydrogen (secondary N) is 1. The van der Waals surface area contributed by atoms with E-state index < -0.39 is 10.0 Å². The van der Waals surface area contributed by atoms with Crippen molar-refractivity contribution in [3.05, 3.63) is 24.3 Å². The van der Waals surface area contributed by atoms with Crippen LogP contribution in [0.25, 0.3) is 0 Å². The minimum Gasteiger partial charge on any atom is -0.391 e. The van der Waals surface area contributed by atoms with Crippen LogP contribution < -0.4 is 9.62 Å². The zero-order valence-electron chi connectivity index (χ0n) is 9.63. The number of anilines is 1. The molecule has 1 heterocycles. The first-order valence-corrected chi connectivity index (χ1v) is 6.98. The van der Waals surface area contributed by atoms with Gasteiger partial charge in [-0.2, -0.15) is 0 Å². The van der Waals surface area contributed by atoms with Crippen molar-refractivity contribution in [1.29, 1.82) is 0 Å². The van der Waals surface area contributed by atoms with Crippen LogP contribution in [-0.2, 0) is 10.0 Å². The van der Waals surface area contributed by atoms with Crippen molar-refractivity contribution in [2.45, 2.75) is 17.4 Å². The molecule has 1 saturated heterocycles. The number of hydrogen-bond donors (Lipinski definition) is 2. The molecule has 0 radical (unpaired) electrons. The normalized spacial score (nSPS) is 20.8. The van der Waals surface area contributed by atoms with Crippen molar-refractivity contribution in [2.75, 3.05) is 25.0 Å². The Balaban J connectivity index is 2.41. The maximum Gasteiger partial charge on any atom is 0.242 e. The summed E-state index contributed by atoms with van der Waals surface area (Å²) in [7, 11) is -2.06. The van der Waals surface area contributed by atoms with E-state index in [1.807, 2.05) is 4.90 Å². The van der Waals surface area contributed by atoms with Gasteiger partial charge < -0.3 is 10.0 Å². The topological polar surface area (TPSA) is 69.6 Å². The van der Waals surface area contributed by atoms with Gasteiger partial charge in [-0.05, 0) is 25.6 Å². The van der Waals surface area contributed by atoms with E-state index in [9.17, 15) is 13.5 Å². The molecule has 5 nitrogen and oxygen atoms in total. The lowest BCUT2D eigenvalue weighted by molar-refractivity contribution is 0.198. The Morgan fingerprint density at radius 1 is 1.41 bits per heavy atom. The molecule has 0 amide bonds. The van der Waals surface area contributed by atoms with Gasteiger partial charge >= 0.3 is 0 Å². The molecule has 1 fully saturated rings. The van der Waals surface area contributed by atoms with Gasteiger partial charge in [-0.1, -0.05) is 12.1 Å². The van der Waals surface area contributed by atoms with E-state index in [1.54, 1.807) is 24.3 Å². The average Bonchev–Trinajstić information content (AvgIpc) is 2.76. The highest BCUT2D eigenvalue weighted by atomic mass is 32.2. The Morgan fingerprint density at radius 3 is 2.71 bits per heavy atom. The summed E-state index contributed by atoms with van der Waals surface area (Å²) in [6.45, 7) is 1.16. The standard InChI is InChI=1S/C11H16N2O3S/c1-12-17(15,16)11-5-3-2-4-10(11)13-7-6-9(14)8-13/h2-5,9,12,14H,6-8H2,1H3. The molecule has 2 rings (SSSR count). The molecule has 0 bridgehead atoms. The van der Waals surface area contributed by atoms with Crippen molar-refractivity contribution in [3.63, 3.8) is 0 Å². The first-order chi connectivity index (χ1) is 8.04. The molecule has 6 heteroatoms. The second-order valence-electron chi connectivity index (χ2n) is 4.06. The summed E-state index contributed by atoms with van der Waals surface area (Å²) in [4.78, 5) is 2.16. The van der Waals surface area contributed by atoms with Gasteiger partial charge in [-0.15, -0.1) is 0 Å². The van der Waals surface area contributed by atoms with Crippen molar-refractivity contribution in [2.24, 2.45) is 0 Å². The highest BCUT2D eigenvalue weighted by Crippen LogP contribution is 2.27. The maximum atomic E-state index is 11.9. The number of para-hydroxylation sites is 1. The third kappa shape index (κ3) is 2.43. The molecular formula is C11H16N2O3S. The van der Waals surface area contributed by atoms with E-state index in [-0.39, 0.29) is 11.0 Å². The van der Waals surface area contributed by atoms with E-state index in [2.05, 4.69) is 4.72 Å². The summed E-state index contributed by atoms with van der Waals surface area (Å²) < 4.78 is 26.0. The SMILES string of the molecule is CNS(=O)(=O)c1ccccc1N1CCC(O)C1. The fourth-order valence-corrected chi connectivity index (χ4v) is 2.97. The van der Waals surface area contributed by atoms with Gasteiger partial charge in [0.2, 0.25) is 10.0 Å². The Hall–Kier alpha value is -1.11. The quantitative estimate of drug-likeness (QED) is 0.808. The fraction of sp³-hybridized carbons (Fsp3) is 0.455. The van der Waals surface area contributed by atoms with Gasteiger partial charge in [-0.3, -0.25) is 0 Å². The van der Waals surface area contributed by atoms with Gasteiger partial charge in [0.1, 0.15) is 4.90 Å². The number of β-amino-alcohol motifs (C(OH)–C–C–N with tert-alkyl or cyclic N) is 1. The first kappa shape index (κ1) is 12.3. The minimum atomic E-state index is -3.46. The second-order valence-corrected chi connectivity index (χ2v) is 5.92. The van der Waals surface area contributed by atoms with Crippen LogP contribution in [0.5, 0.6) is 0 Å². The lowest BCUT2D eigenvalue weighted by Gasteiger charge is -2.21. The molecule has 0 aliphatic carbocycles. The summed E-state index contributed by atoms with van der Waals surface area (Å²) in [5.74, 6) is 0. The van der Waals surface area contributed by atoms with E-state index in [0.29, 0.717) is 25.2 Å². The number of nitrogens with zero attached hydrogens (tertiary/aromatic N) is 1. The second kappa shape index (κ2) is 4.64. The molecule has 94 valence electrons. The van der Waals surface area contributed by atoms with Crippen molar-refractivity contribution < 1.29 is 13.5 Å². The van der Waals surface area contributed by atoms with Crippen LogP contribution in [0.2, 0.25) is 0 Å². The third-order valence-corrected chi connectivity index (χ3v) is 4.39. The van der Waals surface area contributed by atoms with Gasteiger partial charge in [0.05, 0.1) is 11.8 Å². The number of sulfonamides is 1. The molecule has 1 aromatic carbocycles. The first-order valence-electron chi connectivity index (χ1n) is 5.50. The van der Waals surface area contributed by atoms with Gasteiger partial charge in [0.25, 0.3) is 0 Å². The Labute approximate surface area is 101 Å². The van der Waals surface area contributed by atoms with Crippen LogP contribution in [0, 0.1) is 0 Å². The Bertz CT molecular complexity index is 501. The number of aliphatic hydroxyl groups is 1. The largest absolute Gasteiger partial charge is 0.391 e. The number of hydrogen-bond acceptors (Lipinski definition) is 4. The van der Waals surface area contributed by atoms with E-state index >= 15 is 0 Å². The zero-order valence-corrected chi connectivity index (χ0v) is 10.4. The summed E-state index contributed by atoms with van der Waals surface area (Å²) in [5.41, 5.74) is 0.651. The summed E-state index contributed by atoms with van der Waals surface area (Å²) in [6.07, 6.45) is 0.300. The molecular weight excluding hydrogens is 240 g/mol. The van der Waals surface area contributed by atoms with E-state index in [4.69, 9.17) is 0 Å². The van der Waals surface area contributed by atoms with Crippen LogP contribution in [0.15, 0.2) is 29.2 Å². The number of aliphatic hydroxyl groups excluding tert-OH is 1. The van der Waals surface area contributed by atoms with E-state index in [1.165, 1.54) is 7.05 Å². The molecule has 1 unspecified atom stereocenters. The van der Waals surface area contributed by atoms with Crippen molar-refractivity contribution >= 4 is 15.7 Å². The smallest absolute Gasteiger partial charge is 0.242 e. The predicted octanol–water partition coefficient (Wildman–Crippen LogP) is 0.166. The average molecular weight is 256 g/mol. The molecule has 1 aliphatic rings. The maximum absolute atomic E-state index is 11.9. The molecule has 17 heavy (non-hydrogen) atoms. The monoisotopic (exact) mass is 256 g/mol. The lowest BCUT2D eigenvalue weighted by Crippen LogP contribution is -2.26.